The predicted molar refractivity (Wildman–Crippen MR) is 98.6 cm³/mol. The molecule has 2 aliphatic rings. The summed E-state index contributed by atoms with van der Waals surface area (Å²) in [5, 5.41) is 0. The molecule has 1 amide bonds. The molecule has 0 aliphatic carbocycles. The molecule has 0 aromatic heterocycles. The fourth-order valence-electron chi connectivity index (χ4n) is 3.39. The van der Waals surface area contributed by atoms with Gasteiger partial charge in [0.25, 0.3) is 5.91 Å². The van der Waals surface area contributed by atoms with Crippen molar-refractivity contribution in [2.24, 2.45) is 0 Å². The van der Waals surface area contributed by atoms with Crippen LogP contribution in [-0.2, 0) is 14.8 Å². The standard InChI is InChI=1S/C18H27N3O4S/c1-3-19-7-9-20(10-8-19)18(22)16-5-4-6-17(13-16)26(23,24)21-11-12-25-15(2)14-21/h4-6,13,15H,3,7-12,14H2,1-2H3. The van der Waals surface area contributed by atoms with Gasteiger partial charge in [0, 0.05) is 44.8 Å². The third-order valence-corrected chi connectivity index (χ3v) is 6.89. The number of benzene rings is 1. The lowest BCUT2D eigenvalue weighted by atomic mass is 10.2. The zero-order valence-electron chi connectivity index (χ0n) is 15.4. The first-order chi connectivity index (χ1) is 12.4. The summed E-state index contributed by atoms with van der Waals surface area (Å²) < 4.78 is 32.7. The van der Waals surface area contributed by atoms with Gasteiger partial charge in [-0.3, -0.25) is 4.79 Å². The number of rotatable bonds is 4. The van der Waals surface area contributed by atoms with Crippen LogP contribution in [0.15, 0.2) is 29.2 Å². The minimum Gasteiger partial charge on any atom is -0.376 e. The van der Waals surface area contributed by atoms with Gasteiger partial charge in [0.05, 0.1) is 17.6 Å². The topological polar surface area (TPSA) is 70.2 Å². The minimum absolute atomic E-state index is 0.104. The maximum Gasteiger partial charge on any atom is 0.253 e. The van der Waals surface area contributed by atoms with Crippen molar-refractivity contribution in [3.63, 3.8) is 0 Å². The van der Waals surface area contributed by atoms with Gasteiger partial charge in [0.2, 0.25) is 10.0 Å². The third kappa shape index (κ3) is 4.09. The first kappa shape index (κ1) is 19.3. The van der Waals surface area contributed by atoms with Crippen molar-refractivity contribution in [3.8, 4) is 0 Å². The summed E-state index contributed by atoms with van der Waals surface area (Å²) in [7, 11) is -3.62. The number of likely N-dealkylation sites (N-methyl/N-ethyl adjacent to an activating group) is 1. The molecule has 2 saturated heterocycles. The number of morpholine rings is 1. The fraction of sp³-hybridized carbons (Fsp3) is 0.611. The van der Waals surface area contributed by atoms with E-state index in [-0.39, 0.29) is 16.9 Å². The van der Waals surface area contributed by atoms with Crippen LogP contribution in [-0.4, -0.2) is 87.0 Å². The molecule has 1 aromatic rings. The number of hydrogen-bond acceptors (Lipinski definition) is 5. The lowest BCUT2D eigenvalue weighted by Crippen LogP contribution is -2.48. The molecule has 0 radical (unpaired) electrons. The van der Waals surface area contributed by atoms with E-state index in [0.717, 1.165) is 19.6 Å². The largest absolute Gasteiger partial charge is 0.376 e. The van der Waals surface area contributed by atoms with Gasteiger partial charge in [-0.05, 0) is 31.7 Å². The Morgan fingerprint density at radius 1 is 1.19 bits per heavy atom. The summed E-state index contributed by atoms with van der Waals surface area (Å²) >= 11 is 0. The van der Waals surface area contributed by atoms with Crippen LogP contribution in [0.2, 0.25) is 0 Å². The Hall–Kier alpha value is -1.48. The normalized spacial score (nSPS) is 23.2. The number of carbonyl (C=O) groups excluding carboxylic acids is 1. The lowest BCUT2D eigenvalue weighted by molar-refractivity contribution is 0.0102. The number of hydrogen-bond donors (Lipinski definition) is 0. The molecule has 3 rings (SSSR count). The predicted octanol–water partition coefficient (Wildman–Crippen LogP) is 0.874. The van der Waals surface area contributed by atoms with E-state index < -0.39 is 10.0 Å². The Morgan fingerprint density at radius 3 is 2.58 bits per heavy atom. The highest BCUT2D eigenvalue weighted by Crippen LogP contribution is 2.21. The summed E-state index contributed by atoms with van der Waals surface area (Å²) in [6.45, 7) is 9.06. The molecule has 7 nitrogen and oxygen atoms in total. The molecule has 2 fully saturated rings. The van der Waals surface area contributed by atoms with Gasteiger partial charge < -0.3 is 14.5 Å². The van der Waals surface area contributed by atoms with Crippen LogP contribution in [0.4, 0.5) is 0 Å². The summed E-state index contributed by atoms with van der Waals surface area (Å²) in [4.78, 5) is 17.0. The summed E-state index contributed by atoms with van der Waals surface area (Å²) in [5.74, 6) is -0.104. The number of carbonyl (C=O) groups is 1. The van der Waals surface area contributed by atoms with Crippen LogP contribution in [0.3, 0.4) is 0 Å². The van der Waals surface area contributed by atoms with E-state index in [1.807, 2.05) is 6.92 Å². The first-order valence-corrected chi connectivity index (χ1v) is 10.6. The van der Waals surface area contributed by atoms with E-state index in [2.05, 4.69) is 11.8 Å². The molecular weight excluding hydrogens is 354 g/mol. The number of piperazine rings is 1. The molecule has 2 heterocycles. The number of amides is 1. The highest BCUT2D eigenvalue weighted by atomic mass is 32.2. The molecule has 1 atom stereocenters. The SMILES string of the molecule is CCN1CCN(C(=O)c2cccc(S(=O)(=O)N3CCOC(C)C3)c2)CC1. The molecule has 1 aromatic carbocycles. The van der Waals surface area contributed by atoms with Crippen molar-refractivity contribution in [2.45, 2.75) is 24.8 Å². The van der Waals surface area contributed by atoms with Crippen LogP contribution in [0.1, 0.15) is 24.2 Å². The van der Waals surface area contributed by atoms with Crippen LogP contribution >= 0.6 is 0 Å². The fourth-order valence-corrected chi connectivity index (χ4v) is 4.94. The minimum atomic E-state index is -3.62. The molecule has 0 spiro atoms. The van der Waals surface area contributed by atoms with Crippen LogP contribution in [0, 0.1) is 0 Å². The molecule has 8 heteroatoms. The van der Waals surface area contributed by atoms with Crippen molar-refractivity contribution in [2.75, 3.05) is 52.4 Å². The van der Waals surface area contributed by atoms with Gasteiger partial charge in [-0.1, -0.05) is 13.0 Å². The molecule has 26 heavy (non-hydrogen) atoms. The van der Waals surface area contributed by atoms with E-state index in [1.54, 1.807) is 23.1 Å². The molecular formula is C18H27N3O4S. The Balaban J connectivity index is 1.76. The van der Waals surface area contributed by atoms with Crippen LogP contribution < -0.4 is 0 Å². The van der Waals surface area contributed by atoms with E-state index in [4.69, 9.17) is 4.74 Å². The summed E-state index contributed by atoms with van der Waals surface area (Å²) in [6.07, 6.45) is -0.127. The average Bonchev–Trinajstić information content (AvgIpc) is 2.67. The molecule has 144 valence electrons. The number of sulfonamides is 1. The molecule has 1 unspecified atom stereocenters. The average molecular weight is 381 g/mol. The molecule has 2 aliphatic heterocycles. The molecule has 0 bridgehead atoms. The van der Waals surface area contributed by atoms with Gasteiger partial charge in [0.1, 0.15) is 0 Å². The first-order valence-electron chi connectivity index (χ1n) is 9.15. The maximum absolute atomic E-state index is 12.9. The summed E-state index contributed by atoms with van der Waals surface area (Å²) in [6, 6.07) is 6.40. The second kappa shape index (κ2) is 8.04. The van der Waals surface area contributed by atoms with Gasteiger partial charge in [-0.15, -0.1) is 0 Å². The van der Waals surface area contributed by atoms with Crippen molar-refractivity contribution >= 4 is 15.9 Å². The quantitative estimate of drug-likeness (QED) is 0.774. The highest BCUT2D eigenvalue weighted by Gasteiger charge is 2.30. The molecule has 0 saturated carbocycles. The van der Waals surface area contributed by atoms with Crippen molar-refractivity contribution in [1.82, 2.24) is 14.1 Å². The lowest BCUT2D eigenvalue weighted by Gasteiger charge is -2.34. The Labute approximate surface area is 155 Å². The Bertz CT molecular complexity index is 745. The highest BCUT2D eigenvalue weighted by molar-refractivity contribution is 7.89. The van der Waals surface area contributed by atoms with E-state index >= 15 is 0 Å². The second-order valence-corrected chi connectivity index (χ2v) is 8.74. The van der Waals surface area contributed by atoms with Crippen LogP contribution in [0.25, 0.3) is 0 Å². The van der Waals surface area contributed by atoms with Gasteiger partial charge in [-0.25, -0.2) is 8.42 Å². The molecule has 0 N–H and O–H groups in total. The van der Waals surface area contributed by atoms with Crippen molar-refractivity contribution in [3.05, 3.63) is 29.8 Å². The zero-order chi connectivity index (χ0) is 18.7. The Morgan fingerprint density at radius 2 is 1.92 bits per heavy atom. The van der Waals surface area contributed by atoms with Gasteiger partial charge in [-0.2, -0.15) is 4.31 Å². The van der Waals surface area contributed by atoms with Crippen molar-refractivity contribution < 1.29 is 17.9 Å². The monoisotopic (exact) mass is 381 g/mol. The summed E-state index contributed by atoms with van der Waals surface area (Å²) in [5.41, 5.74) is 0.428. The van der Waals surface area contributed by atoms with Gasteiger partial charge >= 0.3 is 0 Å². The van der Waals surface area contributed by atoms with Crippen molar-refractivity contribution in [1.29, 1.82) is 0 Å². The second-order valence-electron chi connectivity index (χ2n) is 6.80. The smallest absolute Gasteiger partial charge is 0.253 e. The Kier molecular flexibility index (Phi) is 5.96. The third-order valence-electron chi connectivity index (χ3n) is 5.03. The van der Waals surface area contributed by atoms with Gasteiger partial charge in [0.15, 0.2) is 0 Å². The maximum atomic E-state index is 12.9. The number of nitrogens with zero attached hydrogens (tertiary/aromatic N) is 3. The number of ether oxygens (including phenoxy) is 1. The van der Waals surface area contributed by atoms with E-state index in [1.165, 1.54) is 10.4 Å². The van der Waals surface area contributed by atoms with E-state index in [0.29, 0.717) is 38.3 Å². The zero-order valence-corrected chi connectivity index (χ0v) is 16.2. The van der Waals surface area contributed by atoms with Crippen LogP contribution in [0.5, 0.6) is 0 Å². The van der Waals surface area contributed by atoms with E-state index in [9.17, 15) is 13.2 Å².